The second-order valence-corrected chi connectivity index (χ2v) is 3.89. The molecule has 1 aliphatic rings. The van der Waals surface area contributed by atoms with Gasteiger partial charge in [0.1, 0.15) is 0 Å². The lowest BCUT2D eigenvalue weighted by molar-refractivity contribution is 0.933. The van der Waals surface area contributed by atoms with Gasteiger partial charge in [0.05, 0.1) is 5.51 Å². The Balaban J connectivity index is 2.05. The number of alkyl halides is 1. The van der Waals surface area contributed by atoms with Gasteiger partial charge >= 0.3 is 0 Å². The number of thiazole rings is 1. The lowest BCUT2D eigenvalue weighted by Gasteiger charge is -1.87. The largest absolute Gasteiger partial charge is 0.253 e. The Labute approximate surface area is 69.0 Å². The van der Waals surface area contributed by atoms with Crippen LogP contribution in [0.3, 0.4) is 0 Å². The van der Waals surface area contributed by atoms with E-state index < -0.39 is 0 Å². The number of rotatable bonds is 2. The summed E-state index contributed by atoms with van der Waals surface area (Å²) in [5.41, 5.74) is 1.89. The molecule has 0 spiro atoms. The second kappa shape index (κ2) is 2.51. The fraction of sp³-hybridized carbons (Fsp3) is 0.571. The fourth-order valence-corrected chi connectivity index (χ4v) is 2.35. The van der Waals surface area contributed by atoms with Crippen LogP contribution in [0, 0.1) is 5.92 Å². The third-order valence-corrected chi connectivity index (χ3v) is 3.24. The molecule has 0 bridgehead atoms. The van der Waals surface area contributed by atoms with E-state index in [9.17, 15) is 0 Å². The molecule has 2 rings (SSSR count). The number of hydrogen-bond donors (Lipinski definition) is 0. The molecular formula is C7H8ClNS. The van der Waals surface area contributed by atoms with E-state index in [2.05, 4.69) is 4.98 Å². The van der Waals surface area contributed by atoms with Crippen LogP contribution >= 0.6 is 22.9 Å². The molecule has 0 radical (unpaired) electrons. The maximum atomic E-state index is 5.69. The van der Waals surface area contributed by atoms with Gasteiger partial charge in [-0.1, -0.05) is 0 Å². The van der Waals surface area contributed by atoms with Crippen molar-refractivity contribution in [1.82, 2.24) is 4.98 Å². The van der Waals surface area contributed by atoms with Crippen LogP contribution in [0.15, 0.2) is 11.7 Å². The fourth-order valence-electron chi connectivity index (χ4n) is 1.18. The van der Waals surface area contributed by atoms with Crippen LogP contribution in [0.1, 0.15) is 17.2 Å². The minimum Gasteiger partial charge on any atom is -0.253 e. The van der Waals surface area contributed by atoms with Gasteiger partial charge in [0.2, 0.25) is 0 Å². The molecule has 0 saturated heterocycles. The van der Waals surface area contributed by atoms with E-state index in [0.29, 0.717) is 0 Å². The summed E-state index contributed by atoms with van der Waals surface area (Å²) in [6.07, 6.45) is 3.23. The highest BCUT2D eigenvalue weighted by atomic mass is 35.5. The zero-order valence-electron chi connectivity index (χ0n) is 5.46. The monoisotopic (exact) mass is 173 g/mol. The molecule has 1 heterocycles. The highest BCUT2D eigenvalue weighted by Crippen LogP contribution is 2.49. The molecular weight excluding hydrogens is 166 g/mol. The summed E-state index contributed by atoms with van der Waals surface area (Å²) in [6.45, 7) is 0. The van der Waals surface area contributed by atoms with Crippen molar-refractivity contribution in [3.05, 3.63) is 16.6 Å². The lowest BCUT2D eigenvalue weighted by atomic mass is 10.3. The smallest absolute Gasteiger partial charge is 0.0794 e. The molecule has 2 atom stereocenters. The van der Waals surface area contributed by atoms with Crippen LogP contribution in [0.5, 0.6) is 0 Å². The van der Waals surface area contributed by atoms with Gasteiger partial charge in [-0.2, -0.15) is 0 Å². The second-order valence-electron chi connectivity index (χ2n) is 2.66. The molecule has 1 saturated carbocycles. The summed E-state index contributed by atoms with van der Waals surface area (Å²) in [5, 5.41) is 0. The Morgan fingerprint density at radius 1 is 1.80 bits per heavy atom. The van der Waals surface area contributed by atoms with Crippen LogP contribution in [-0.2, 0) is 0 Å². The van der Waals surface area contributed by atoms with E-state index in [1.807, 2.05) is 11.7 Å². The van der Waals surface area contributed by atoms with E-state index in [1.54, 1.807) is 11.3 Å². The zero-order valence-corrected chi connectivity index (χ0v) is 7.03. The molecule has 1 nitrogen and oxygen atoms in total. The van der Waals surface area contributed by atoms with Gasteiger partial charge in [-0.15, -0.1) is 22.9 Å². The van der Waals surface area contributed by atoms with E-state index in [1.165, 1.54) is 11.3 Å². The van der Waals surface area contributed by atoms with Gasteiger partial charge in [-0.05, 0) is 18.3 Å². The summed E-state index contributed by atoms with van der Waals surface area (Å²) in [4.78, 5) is 5.44. The van der Waals surface area contributed by atoms with Crippen LogP contribution < -0.4 is 0 Å². The van der Waals surface area contributed by atoms with Crippen molar-refractivity contribution in [2.24, 2.45) is 5.92 Å². The molecule has 1 aliphatic carbocycles. The Bertz CT molecular complexity index is 209. The summed E-state index contributed by atoms with van der Waals surface area (Å²) in [7, 11) is 0. The Morgan fingerprint density at radius 2 is 2.70 bits per heavy atom. The third kappa shape index (κ3) is 1.06. The topological polar surface area (TPSA) is 12.9 Å². The van der Waals surface area contributed by atoms with Crippen molar-refractivity contribution in [1.29, 1.82) is 0 Å². The van der Waals surface area contributed by atoms with Crippen molar-refractivity contribution in [3.8, 4) is 0 Å². The van der Waals surface area contributed by atoms with Gasteiger partial charge in [-0.25, -0.2) is 0 Å². The Kier molecular flexibility index (Phi) is 1.66. The Hall–Kier alpha value is -0.0800. The van der Waals surface area contributed by atoms with Gasteiger partial charge in [-0.3, -0.25) is 4.98 Å². The third-order valence-electron chi connectivity index (χ3n) is 1.94. The highest BCUT2D eigenvalue weighted by molar-refractivity contribution is 7.09. The van der Waals surface area contributed by atoms with Crippen molar-refractivity contribution in [2.45, 2.75) is 12.3 Å². The van der Waals surface area contributed by atoms with Crippen LogP contribution in [0.25, 0.3) is 0 Å². The number of hydrogen-bond acceptors (Lipinski definition) is 2. The molecule has 54 valence electrons. The molecule has 0 aliphatic heterocycles. The van der Waals surface area contributed by atoms with E-state index >= 15 is 0 Å². The molecule has 0 N–H and O–H groups in total. The maximum absolute atomic E-state index is 5.69. The number of nitrogens with zero attached hydrogens (tertiary/aromatic N) is 1. The van der Waals surface area contributed by atoms with Crippen molar-refractivity contribution in [3.63, 3.8) is 0 Å². The first kappa shape index (κ1) is 6.62. The van der Waals surface area contributed by atoms with Crippen LogP contribution in [0.2, 0.25) is 0 Å². The molecule has 1 aromatic rings. The number of aromatic nitrogens is 1. The van der Waals surface area contributed by atoms with E-state index in [0.717, 1.165) is 17.7 Å². The average molecular weight is 174 g/mol. The van der Waals surface area contributed by atoms with E-state index in [4.69, 9.17) is 11.6 Å². The standard InChI is InChI=1S/C7H8ClNS/c8-2-5-1-6(5)7-3-9-4-10-7/h3-6H,1-2H2. The number of halogens is 1. The van der Waals surface area contributed by atoms with Crippen molar-refractivity contribution < 1.29 is 0 Å². The highest BCUT2D eigenvalue weighted by Gasteiger charge is 2.38. The molecule has 10 heavy (non-hydrogen) atoms. The van der Waals surface area contributed by atoms with Crippen LogP contribution in [0.4, 0.5) is 0 Å². The van der Waals surface area contributed by atoms with Gasteiger partial charge in [0.25, 0.3) is 0 Å². The molecule has 3 heteroatoms. The first-order valence-electron chi connectivity index (χ1n) is 3.36. The average Bonchev–Trinajstić information content (AvgIpc) is 2.56. The molecule has 1 aromatic heterocycles. The maximum Gasteiger partial charge on any atom is 0.0794 e. The quantitative estimate of drug-likeness (QED) is 0.627. The first-order chi connectivity index (χ1) is 4.92. The minimum absolute atomic E-state index is 0.738. The van der Waals surface area contributed by atoms with Gasteiger partial charge in [0.15, 0.2) is 0 Å². The van der Waals surface area contributed by atoms with Gasteiger partial charge in [0, 0.05) is 17.0 Å². The molecule has 0 amide bonds. The normalized spacial score (nSPS) is 30.5. The summed E-state index contributed by atoms with van der Waals surface area (Å²) in [5.74, 6) is 2.29. The van der Waals surface area contributed by atoms with Crippen molar-refractivity contribution in [2.75, 3.05) is 5.88 Å². The SMILES string of the molecule is ClCC1CC1c1cncs1. The molecule has 0 aromatic carbocycles. The predicted octanol–water partition coefficient (Wildman–Crippen LogP) is 2.49. The zero-order chi connectivity index (χ0) is 6.97. The predicted molar refractivity (Wildman–Crippen MR) is 43.7 cm³/mol. The first-order valence-corrected chi connectivity index (χ1v) is 4.77. The summed E-state index contributed by atoms with van der Waals surface area (Å²) < 4.78 is 0. The molecule has 2 unspecified atom stereocenters. The molecule has 1 fully saturated rings. The van der Waals surface area contributed by atoms with E-state index in [-0.39, 0.29) is 0 Å². The Morgan fingerprint density at radius 3 is 3.20 bits per heavy atom. The summed E-state index contributed by atoms with van der Waals surface area (Å²) in [6, 6.07) is 0. The van der Waals surface area contributed by atoms with Crippen LogP contribution in [-0.4, -0.2) is 10.9 Å². The minimum atomic E-state index is 0.738. The summed E-state index contributed by atoms with van der Waals surface area (Å²) >= 11 is 7.44. The van der Waals surface area contributed by atoms with Gasteiger partial charge < -0.3 is 0 Å². The lowest BCUT2D eigenvalue weighted by Crippen LogP contribution is -1.79. The van der Waals surface area contributed by atoms with Crippen molar-refractivity contribution >= 4 is 22.9 Å².